The molecule has 0 heterocycles. The van der Waals surface area contributed by atoms with E-state index < -0.39 is 6.10 Å². The molecule has 0 saturated heterocycles. The molecule has 0 aliphatic heterocycles. The van der Waals surface area contributed by atoms with Crippen LogP contribution >= 0.6 is 0 Å². The van der Waals surface area contributed by atoms with Gasteiger partial charge in [0.2, 0.25) is 5.91 Å². The van der Waals surface area contributed by atoms with Gasteiger partial charge in [0.1, 0.15) is 5.75 Å². The zero-order chi connectivity index (χ0) is 16.7. The van der Waals surface area contributed by atoms with E-state index in [2.05, 4.69) is 10.6 Å². The molecule has 2 aromatic rings. The molecule has 120 valence electrons. The number of ether oxygens (including phenoxy) is 1. The van der Waals surface area contributed by atoms with E-state index in [9.17, 15) is 9.59 Å². The summed E-state index contributed by atoms with van der Waals surface area (Å²) >= 11 is 0. The van der Waals surface area contributed by atoms with Crippen molar-refractivity contribution in [2.24, 2.45) is 0 Å². The fourth-order valence-corrected chi connectivity index (χ4v) is 1.89. The summed E-state index contributed by atoms with van der Waals surface area (Å²) in [6, 6.07) is 16.1. The Kier molecular flexibility index (Phi) is 5.74. The monoisotopic (exact) mass is 312 g/mol. The van der Waals surface area contributed by atoms with E-state index in [1.165, 1.54) is 0 Å². The number of carbonyl (C=O) groups excluding carboxylic acids is 2. The van der Waals surface area contributed by atoms with E-state index in [4.69, 9.17) is 4.74 Å². The van der Waals surface area contributed by atoms with Gasteiger partial charge in [-0.05, 0) is 43.3 Å². The summed E-state index contributed by atoms with van der Waals surface area (Å²) in [6.45, 7) is 3.48. The number of rotatable bonds is 6. The highest BCUT2D eigenvalue weighted by molar-refractivity contribution is 5.95. The Morgan fingerprint density at radius 3 is 2.09 bits per heavy atom. The number of para-hydroxylation sites is 1. The van der Waals surface area contributed by atoms with Gasteiger partial charge in [0, 0.05) is 17.8 Å². The second-order valence-corrected chi connectivity index (χ2v) is 5.04. The molecule has 0 aliphatic carbocycles. The Morgan fingerprint density at radius 1 is 0.957 bits per heavy atom. The molecule has 2 amide bonds. The maximum Gasteiger partial charge on any atom is 0.265 e. The van der Waals surface area contributed by atoms with Crippen LogP contribution in [0.4, 0.5) is 11.4 Å². The standard InChI is InChI=1S/C18H20N2O3/c1-3-17(21)19-14-9-11-15(12-10-14)20-18(22)13(2)23-16-7-5-4-6-8-16/h4-13H,3H2,1-2H3,(H,19,21)(H,20,22). The number of nitrogens with one attached hydrogen (secondary N) is 2. The van der Waals surface area contributed by atoms with Crippen LogP contribution in [0.1, 0.15) is 20.3 Å². The van der Waals surface area contributed by atoms with Crippen LogP contribution in [0.5, 0.6) is 5.75 Å². The molecule has 0 aromatic heterocycles. The minimum Gasteiger partial charge on any atom is -0.481 e. The zero-order valence-electron chi connectivity index (χ0n) is 13.2. The van der Waals surface area contributed by atoms with Gasteiger partial charge in [-0.3, -0.25) is 9.59 Å². The lowest BCUT2D eigenvalue weighted by atomic mass is 10.2. The third-order valence-corrected chi connectivity index (χ3v) is 3.18. The number of hydrogen-bond acceptors (Lipinski definition) is 3. The van der Waals surface area contributed by atoms with Crippen molar-refractivity contribution in [2.75, 3.05) is 10.6 Å². The second-order valence-electron chi connectivity index (χ2n) is 5.04. The molecule has 0 fully saturated rings. The van der Waals surface area contributed by atoms with Gasteiger partial charge in [-0.2, -0.15) is 0 Å². The molecule has 0 spiro atoms. The number of amides is 2. The van der Waals surface area contributed by atoms with Crippen LogP contribution in [0.2, 0.25) is 0 Å². The van der Waals surface area contributed by atoms with Gasteiger partial charge in [0.25, 0.3) is 5.91 Å². The summed E-state index contributed by atoms with van der Waals surface area (Å²) in [7, 11) is 0. The van der Waals surface area contributed by atoms with Crippen LogP contribution < -0.4 is 15.4 Å². The summed E-state index contributed by atoms with van der Waals surface area (Å²) in [6.07, 6.45) is -0.191. The number of benzene rings is 2. The fraction of sp³-hybridized carbons (Fsp3) is 0.222. The number of carbonyl (C=O) groups is 2. The SMILES string of the molecule is CCC(=O)Nc1ccc(NC(=O)C(C)Oc2ccccc2)cc1. The first-order chi connectivity index (χ1) is 11.1. The van der Waals surface area contributed by atoms with Crippen LogP contribution in [0, 0.1) is 0 Å². The largest absolute Gasteiger partial charge is 0.481 e. The molecule has 2 rings (SSSR count). The molecule has 0 bridgehead atoms. The third-order valence-electron chi connectivity index (χ3n) is 3.18. The molecule has 1 unspecified atom stereocenters. The van der Waals surface area contributed by atoms with Gasteiger partial charge in [0.15, 0.2) is 6.10 Å². The van der Waals surface area contributed by atoms with Crippen molar-refractivity contribution in [1.29, 1.82) is 0 Å². The Labute approximate surface area is 135 Å². The first-order valence-corrected chi connectivity index (χ1v) is 7.51. The summed E-state index contributed by atoms with van der Waals surface area (Å²) in [5, 5.41) is 5.53. The van der Waals surface area contributed by atoms with Gasteiger partial charge in [0.05, 0.1) is 0 Å². The number of anilines is 2. The molecular formula is C18H20N2O3. The second kappa shape index (κ2) is 7.98. The summed E-state index contributed by atoms with van der Waals surface area (Å²) in [5.41, 5.74) is 1.34. The average Bonchev–Trinajstić information content (AvgIpc) is 2.57. The molecule has 23 heavy (non-hydrogen) atoms. The number of hydrogen-bond donors (Lipinski definition) is 2. The quantitative estimate of drug-likeness (QED) is 0.858. The molecule has 0 radical (unpaired) electrons. The topological polar surface area (TPSA) is 67.4 Å². The van der Waals surface area contributed by atoms with Crippen LogP contribution in [0.3, 0.4) is 0 Å². The maximum absolute atomic E-state index is 12.1. The van der Waals surface area contributed by atoms with E-state index in [1.54, 1.807) is 50.2 Å². The lowest BCUT2D eigenvalue weighted by molar-refractivity contribution is -0.122. The highest BCUT2D eigenvalue weighted by atomic mass is 16.5. The van der Waals surface area contributed by atoms with Crippen LogP contribution in [0.15, 0.2) is 54.6 Å². The van der Waals surface area contributed by atoms with Crippen molar-refractivity contribution in [2.45, 2.75) is 26.4 Å². The molecule has 0 saturated carbocycles. The van der Waals surface area contributed by atoms with Gasteiger partial charge in [-0.1, -0.05) is 25.1 Å². The van der Waals surface area contributed by atoms with E-state index in [0.29, 0.717) is 23.5 Å². The summed E-state index contributed by atoms with van der Waals surface area (Å²) in [4.78, 5) is 23.4. The summed E-state index contributed by atoms with van der Waals surface area (Å²) in [5.74, 6) is 0.360. The molecule has 0 aliphatic rings. The fourth-order valence-electron chi connectivity index (χ4n) is 1.89. The van der Waals surface area contributed by atoms with Crippen molar-refractivity contribution < 1.29 is 14.3 Å². The van der Waals surface area contributed by atoms with E-state index in [1.807, 2.05) is 18.2 Å². The van der Waals surface area contributed by atoms with Gasteiger partial charge in [-0.15, -0.1) is 0 Å². The molecule has 5 nitrogen and oxygen atoms in total. The first kappa shape index (κ1) is 16.5. The van der Waals surface area contributed by atoms with E-state index >= 15 is 0 Å². The molecule has 2 aromatic carbocycles. The van der Waals surface area contributed by atoms with E-state index in [0.717, 1.165) is 0 Å². The smallest absolute Gasteiger partial charge is 0.265 e. The summed E-state index contributed by atoms with van der Waals surface area (Å²) < 4.78 is 5.57. The Balaban J connectivity index is 1.90. The molecule has 1 atom stereocenters. The van der Waals surface area contributed by atoms with Crippen LogP contribution in [-0.2, 0) is 9.59 Å². The lowest BCUT2D eigenvalue weighted by Gasteiger charge is -2.15. The van der Waals surface area contributed by atoms with Crippen LogP contribution in [0.25, 0.3) is 0 Å². The Hall–Kier alpha value is -2.82. The van der Waals surface area contributed by atoms with Gasteiger partial charge >= 0.3 is 0 Å². The maximum atomic E-state index is 12.1. The third kappa shape index (κ3) is 5.14. The zero-order valence-corrected chi connectivity index (χ0v) is 13.2. The van der Waals surface area contributed by atoms with Crippen molar-refractivity contribution in [3.05, 3.63) is 54.6 Å². The normalized spacial score (nSPS) is 11.4. The van der Waals surface area contributed by atoms with Gasteiger partial charge in [-0.25, -0.2) is 0 Å². The predicted molar refractivity (Wildman–Crippen MR) is 90.5 cm³/mol. The highest BCUT2D eigenvalue weighted by Gasteiger charge is 2.14. The van der Waals surface area contributed by atoms with Crippen LogP contribution in [-0.4, -0.2) is 17.9 Å². The average molecular weight is 312 g/mol. The minimum atomic E-state index is -0.614. The van der Waals surface area contributed by atoms with Gasteiger partial charge < -0.3 is 15.4 Å². The predicted octanol–water partition coefficient (Wildman–Crippen LogP) is 3.44. The Morgan fingerprint density at radius 2 is 1.52 bits per heavy atom. The molecular weight excluding hydrogens is 292 g/mol. The lowest BCUT2D eigenvalue weighted by Crippen LogP contribution is -2.30. The first-order valence-electron chi connectivity index (χ1n) is 7.51. The molecule has 2 N–H and O–H groups in total. The van der Waals surface area contributed by atoms with Crippen molar-refractivity contribution in [3.8, 4) is 5.75 Å². The van der Waals surface area contributed by atoms with Crippen molar-refractivity contribution in [3.63, 3.8) is 0 Å². The van der Waals surface area contributed by atoms with E-state index in [-0.39, 0.29) is 11.8 Å². The van der Waals surface area contributed by atoms with Crippen molar-refractivity contribution in [1.82, 2.24) is 0 Å². The Bertz CT molecular complexity index is 654. The minimum absolute atomic E-state index is 0.0494. The molecule has 5 heteroatoms. The highest BCUT2D eigenvalue weighted by Crippen LogP contribution is 2.15. The van der Waals surface area contributed by atoms with Crippen molar-refractivity contribution >= 4 is 23.2 Å².